The van der Waals surface area contributed by atoms with E-state index < -0.39 is 82.3 Å². The number of aromatic carboxylic acids is 1. The van der Waals surface area contributed by atoms with Crippen molar-refractivity contribution in [3.05, 3.63) is 199 Å². The second kappa shape index (κ2) is 36.1. The van der Waals surface area contributed by atoms with Crippen LogP contribution in [-0.2, 0) is 45.9 Å². The summed E-state index contributed by atoms with van der Waals surface area (Å²) < 4.78 is 101. The summed E-state index contributed by atoms with van der Waals surface area (Å²) in [5, 5.41) is 16.9. The lowest BCUT2D eigenvalue weighted by Gasteiger charge is -2.32. The summed E-state index contributed by atoms with van der Waals surface area (Å²) in [5.74, 6) is -4.96. The third-order valence-corrected chi connectivity index (χ3v) is 18.1. The number of aryl methyl sites for hydroxylation is 2. The standard InChI is InChI=1S/C21H23FN4O2.C17H24BFO4.C16H16BrFN2O2.C11H19BN2O2.C7H4BrFO2.C5H5BrN2/c1-5-26-12-15(11-25-26)14-8-17(19(23)24-10-14)13-6-7-16(18(22)9-13)20(27)28-21(2,3)4;1-15(2,3)21-14(20)12-9-8-11(10-13(12)19)18-22-16(4,5)17(6,7)23-18;1-16(2,3)22-15(21)11-5-4-9(6-13(11)18)12-7-10(17)8-20-14(12)19;1-6-14-8-9(7-13-14)12-15-10(2,3)11(4,5)16-12;8-4-1-2-5(7(10)11)6(9)3-4;6-4-2-1-3-8-5(4)7/h6-12H,5H2,1-4H3,(H2,23,24);8-10H,1-7H3;4-8H,1-3H3,(H2,19,20);7-8H,6H2,1-5H3;1-3H,(H,10,11);1-3H,(H2,7,8). The van der Waals surface area contributed by atoms with Crippen LogP contribution in [0.15, 0.2) is 154 Å². The molecule has 0 bridgehead atoms. The summed E-state index contributed by atoms with van der Waals surface area (Å²) in [6.07, 6.45) is 12.3. The van der Waals surface area contributed by atoms with E-state index in [1.54, 1.807) is 116 Å². The molecule has 2 aliphatic rings. The van der Waals surface area contributed by atoms with Gasteiger partial charge in [0.25, 0.3) is 0 Å². The number of carboxylic acids is 1. The maximum atomic E-state index is 14.6. The van der Waals surface area contributed by atoms with E-state index in [0.29, 0.717) is 38.0 Å². The predicted molar refractivity (Wildman–Crippen MR) is 421 cm³/mol. The Bertz CT molecular complexity index is 4630. The van der Waals surface area contributed by atoms with Crippen molar-refractivity contribution < 1.29 is 74.7 Å². The van der Waals surface area contributed by atoms with E-state index in [1.807, 2.05) is 76.1 Å². The van der Waals surface area contributed by atoms with Crippen LogP contribution < -0.4 is 28.1 Å². The fourth-order valence-electron chi connectivity index (χ4n) is 9.46. The number of anilines is 3. The number of hydrogen-bond acceptors (Lipinski definition) is 19. The van der Waals surface area contributed by atoms with Crippen LogP contribution in [0.4, 0.5) is 35.0 Å². The number of nitrogens with zero attached hydrogens (tertiary/aromatic N) is 7. The first-order valence-corrected chi connectivity index (χ1v) is 36.4. The van der Waals surface area contributed by atoms with E-state index in [0.717, 1.165) is 44.7 Å². The van der Waals surface area contributed by atoms with Gasteiger partial charge in [-0.25, -0.2) is 51.7 Å². The molecule has 0 aliphatic carbocycles. The Morgan fingerprint density at radius 2 is 0.870 bits per heavy atom. The number of ether oxygens (including phenoxy) is 3. The Balaban J connectivity index is 0.000000210. The first kappa shape index (κ1) is 88.1. The molecule has 0 amide bonds. The highest BCUT2D eigenvalue weighted by Gasteiger charge is 2.53. The van der Waals surface area contributed by atoms with E-state index in [4.69, 9.17) is 55.1 Å². The van der Waals surface area contributed by atoms with E-state index in [2.05, 4.69) is 108 Å². The van der Waals surface area contributed by atoms with Crippen molar-refractivity contribution in [2.75, 3.05) is 17.2 Å². The predicted octanol–water partition coefficient (Wildman–Crippen LogP) is 16.5. The number of esters is 3. The molecule has 2 fully saturated rings. The van der Waals surface area contributed by atoms with Gasteiger partial charge >= 0.3 is 38.1 Å². The SMILES string of the molecule is CC(C)(C)OC(=O)c1ccc(-c2cc(Br)cnc2N)cc1F.CC(C)(C)OC(=O)c1ccc(B2OC(C)(C)C(C)(C)O2)cc1F.CCn1cc(-c2cnc(N)c(-c3ccc(C(=O)OC(C)(C)C)c(F)c3)c2)cn1.CCn1cc(B2OC(C)(C)C(C)(C)O2)cn1.Nc1ncccc1Br.O=C(O)c1ccc(Br)cc1F. The zero-order valence-corrected chi connectivity index (χ0v) is 68.6. The number of pyridine rings is 3. The Morgan fingerprint density at radius 1 is 0.463 bits per heavy atom. The average Bonchev–Trinajstić information content (AvgIpc) is 1.63. The highest BCUT2D eigenvalue weighted by Crippen LogP contribution is 2.39. The maximum Gasteiger partial charge on any atom is 0.498 e. The van der Waals surface area contributed by atoms with Gasteiger partial charge in [0.05, 0.1) is 55.3 Å². The van der Waals surface area contributed by atoms with Gasteiger partial charge in [0, 0.05) is 86.9 Å². The number of aromatic nitrogens is 7. The second-order valence-electron chi connectivity index (χ2n) is 29.6. The van der Waals surface area contributed by atoms with Crippen LogP contribution in [0.2, 0.25) is 0 Å². The van der Waals surface area contributed by atoms with Crippen LogP contribution in [0.25, 0.3) is 33.4 Å². The van der Waals surface area contributed by atoms with Crippen LogP contribution >= 0.6 is 47.8 Å². The molecule has 4 aromatic carbocycles. The summed E-state index contributed by atoms with van der Waals surface area (Å²) in [6, 6.07) is 23.9. The van der Waals surface area contributed by atoms with Crippen molar-refractivity contribution in [3.8, 4) is 33.4 Å². The average molecular weight is 1690 g/mol. The smallest absolute Gasteiger partial charge is 0.478 e. The van der Waals surface area contributed by atoms with Crippen LogP contribution in [0.3, 0.4) is 0 Å². The molecule has 5 aromatic heterocycles. The van der Waals surface area contributed by atoms with Crippen LogP contribution in [0.1, 0.15) is 173 Å². The number of hydrogen-bond donors (Lipinski definition) is 4. The summed E-state index contributed by atoms with van der Waals surface area (Å²) in [5.41, 5.74) is 18.4. The molecule has 0 unspecified atom stereocenters. The molecule has 2 aliphatic heterocycles. The van der Waals surface area contributed by atoms with Gasteiger partial charge in [-0.3, -0.25) is 9.36 Å². The Hall–Kier alpha value is -8.84. The van der Waals surface area contributed by atoms with Crippen LogP contribution in [-0.4, -0.2) is 117 Å². The Morgan fingerprint density at radius 3 is 1.26 bits per heavy atom. The minimum atomic E-state index is -1.25. The van der Waals surface area contributed by atoms with Crippen LogP contribution in [0.5, 0.6) is 0 Å². The lowest BCUT2D eigenvalue weighted by atomic mass is 9.78. The molecule has 2 saturated heterocycles. The van der Waals surface area contributed by atoms with Crippen molar-refractivity contribution in [1.82, 2.24) is 34.5 Å². The monoisotopic (exact) mass is 1680 g/mol. The van der Waals surface area contributed by atoms with E-state index in [1.165, 1.54) is 48.5 Å². The molecular formula is C77H91B2Br3F4N10O12. The topological polar surface area (TPSA) is 305 Å². The van der Waals surface area contributed by atoms with Crippen molar-refractivity contribution in [3.63, 3.8) is 0 Å². The van der Waals surface area contributed by atoms with Crippen molar-refractivity contribution in [1.29, 1.82) is 0 Å². The molecular weight excluding hydrogens is 1590 g/mol. The number of rotatable bonds is 11. The van der Waals surface area contributed by atoms with E-state index in [9.17, 15) is 36.7 Å². The Kier molecular flexibility index (Phi) is 29.5. The van der Waals surface area contributed by atoms with Gasteiger partial charge in [-0.2, -0.15) is 10.2 Å². The summed E-state index contributed by atoms with van der Waals surface area (Å²) in [6.45, 7) is 37.2. The summed E-state index contributed by atoms with van der Waals surface area (Å²) in [7, 11) is -0.965. The van der Waals surface area contributed by atoms with Gasteiger partial charge < -0.3 is 55.1 Å². The first-order valence-electron chi connectivity index (χ1n) is 34.0. The fourth-order valence-corrected chi connectivity index (χ4v) is 10.4. The number of halogens is 7. The van der Waals surface area contributed by atoms with Crippen molar-refractivity contribution in [2.45, 2.75) is 184 Å². The number of benzene rings is 4. The van der Waals surface area contributed by atoms with Gasteiger partial charge in [-0.05, 0) is 259 Å². The third kappa shape index (κ3) is 24.6. The third-order valence-electron chi connectivity index (χ3n) is 16.5. The van der Waals surface area contributed by atoms with Crippen molar-refractivity contribution >= 4 is 114 Å². The van der Waals surface area contributed by atoms with Gasteiger partial charge in [0.2, 0.25) is 0 Å². The molecule has 0 radical (unpaired) electrons. The number of nitrogen functional groups attached to an aromatic ring is 3. The molecule has 0 atom stereocenters. The lowest BCUT2D eigenvalue weighted by molar-refractivity contribution is 0.00518. The lowest BCUT2D eigenvalue weighted by Crippen LogP contribution is -2.41. The molecule has 7 N–H and O–H groups in total. The zero-order chi connectivity index (χ0) is 81.0. The number of carbonyl (C=O) groups is 4. The zero-order valence-electron chi connectivity index (χ0n) is 63.8. The molecule has 7 heterocycles. The number of carboxylic acid groups (broad SMARTS) is 1. The van der Waals surface area contributed by atoms with E-state index >= 15 is 0 Å². The van der Waals surface area contributed by atoms with Crippen LogP contribution in [0, 0.1) is 23.3 Å². The summed E-state index contributed by atoms with van der Waals surface area (Å²) in [4.78, 5) is 58.4. The normalized spacial score (nSPS) is 14.5. The Labute approximate surface area is 653 Å². The maximum absolute atomic E-state index is 14.6. The molecule has 576 valence electrons. The molecule has 31 heteroatoms. The largest absolute Gasteiger partial charge is 0.498 e. The second-order valence-corrected chi connectivity index (χ2v) is 32.3. The molecule has 22 nitrogen and oxygen atoms in total. The molecule has 11 rings (SSSR count). The number of carbonyl (C=O) groups excluding carboxylic acids is 3. The highest BCUT2D eigenvalue weighted by atomic mass is 79.9. The number of nitrogens with two attached hydrogens (primary N) is 3. The van der Waals surface area contributed by atoms with E-state index in [-0.39, 0.29) is 52.2 Å². The van der Waals surface area contributed by atoms with Gasteiger partial charge in [-0.1, -0.05) is 34.1 Å². The summed E-state index contributed by atoms with van der Waals surface area (Å²) >= 11 is 9.52. The van der Waals surface area contributed by atoms with Gasteiger partial charge in [0.15, 0.2) is 0 Å². The molecule has 108 heavy (non-hydrogen) atoms. The molecule has 0 spiro atoms. The molecule has 9 aromatic rings. The fraction of sp³-hybridized carbons (Fsp3) is 0.364. The molecule has 0 saturated carbocycles. The van der Waals surface area contributed by atoms with Gasteiger partial charge in [0.1, 0.15) is 57.5 Å². The minimum absolute atomic E-state index is 0.0970. The van der Waals surface area contributed by atoms with Gasteiger partial charge in [-0.15, -0.1) is 0 Å². The highest BCUT2D eigenvalue weighted by molar-refractivity contribution is 9.11. The minimum Gasteiger partial charge on any atom is -0.478 e. The quantitative estimate of drug-likeness (QED) is 0.0405. The van der Waals surface area contributed by atoms with Crippen molar-refractivity contribution in [2.24, 2.45) is 0 Å². The first-order chi connectivity index (χ1) is 49.9.